The zero-order valence-electron chi connectivity index (χ0n) is 12.1. The fourth-order valence-electron chi connectivity index (χ4n) is 1.35. The van der Waals surface area contributed by atoms with Crippen LogP contribution in [0.15, 0.2) is 27.6 Å². The first kappa shape index (κ1) is 18.6. The Labute approximate surface area is 136 Å². The van der Waals surface area contributed by atoms with Gasteiger partial charge in [-0.2, -0.15) is 0 Å². The van der Waals surface area contributed by atoms with E-state index in [1.807, 2.05) is 0 Å². The summed E-state index contributed by atoms with van der Waals surface area (Å²) in [4.78, 5) is 27.5. The van der Waals surface area contributed by atoms with Gasteiger partial charge in [0.05, 0.1) is 17.6 Å². The molecule has 0 fully saturated rings. The Morgan fingerprint density at radius 3 is 2.55 bits per heavy atom. The predicted molar refractivity (Wildman–Crippen MR) is 80.4 cm³/mol. The quantitative estimate of drug-likeness (QED) is 0.557. The van der Waals surface area contributed by atoms with Crippen molar-refractivity contribution in [2.75, 3.05) is 27.8 Å². The molecule has 1 aromatic carbocycles. The lowest BCUT2D eigenvalue weighted by atomic mass is 10.2. The van der Waals surface area contributed by atoms with E-state index in [1.54, 1.807) is 0 Å². The summed E-state index contributed by atoms with van der Waals surface area (Å²) in [6.07, 6.45) is 0. The molecule has 0 aromatic heterocycles. The molecule has 22 heavy (non-hydrogen) atoms. The van der Waals surface area contributed by atoms with Crippen LogP contribution in [0.1, 0.15) is 10.4 Å². The number of likely N-dealkylation sites (N-methyl/N-ethyl adjacent to an activating group) is 1. The van der Waals surface area contributed by atoms with Crippen LogP contribution in [-0.2, 0) is 24.4 Å². The summed E-state index contributed by atoms with van der Waals surface area (Å²) >= 11 is 3.13. The van der Waals surface area contributed by atoms with Crippen LogP contribution in [0.5, 0.6) is 0 Å². The molecule has 1 rings (SSSR count). The van der Waals surface area contributed by atoms with Crippen molar-refractivity contribution in [1.82, 2.24) is 9.79 Å². The molecule has 0 atom stereocenters. The van der Waals surface area contributed by atoms with Gasteiger partial charge in [-0.1, -0.05) is 4.47 Å². The first-order valence-corrected chi connectivity index (χ1v) is 8.17. The highest BCUT2D eigenvalue weighted by molar-refractivity contribution is 9.10. The van der Waals surface area contributed by atoms with Crippen LogP contribution in [0, 0.1) is 0 Å². The zero-order chi connectivity index (χ0) is 16.9. The van der Waals surface area contributed by atoms with Gasteiger partial charge in [0.25, 0.3) is 15.9 Å². The van der Waals surface area contributed by atoms with E-state index in [2.05, 4.69) is 26.1 Å². The number of carbonyl (C=O) groups excluding carboxylic acids is 2. The van der Waals surface area contributed by atoms with Crippen LogP contribution in [0.3, 0.4) is 0 Å². The van der Waals surface area contributed by atoms with Gasteiger partial charge in [0, 0.05) is 18.6 Å². The van der Waals surface area contributed by atoms with E-state index in [9.17, 15) is 18.0 Å². The molecule has 0 bridgehead atoms. The van der Waals surface area contributed by atoms with Gasteiger partial charge < -0.3 is 10.1 Å². The van der Waals surface area contributed by atoms with Crippen molar-refractivity contribution in [2.45, 2.75) is 4.90 Å². The van der Waals surface area contributed by atoms with E-state index in [1.165, 1.54) is 33.3 Å². The number of hydrogen-bond donors (Lipinski definition) is 1. The predicted octanol–water partition coefficient (Wildman–Crippen LogP) is 0.534. The largest absolute Gasteiger partial charge is 0.452 e. The molecule has 122 valence electrons. The third kappa shape index (κ3) is 4.26. The lowest BCUT2D eigenvalue weighted by Crippen LogP contribution is -2.26. The van der Waals surface area contributed by atoms with Crippen LogP contribution < -0.4 is 5.32 Å². The Morgan fingerprint density at radius 2 is 2.00 bits per heavy atom. The minimum absolute atomic E-state index is 0.0190. The lowest BCUT2D eigenvalue weighted by Gasteiger charge is -2.15. The molecule has 0 saturated carbocycles. The number of esters is 1. The number of carbonyl (C=O) groups is 2. The molecule has 0 aliphatic heterocycles. The topological polar surface area (TPSA) is 102 Å². The Balaban J connectivity index is 3.10. The summed E-state index contributed by atoms with van der Waals surface area (Å²) in [5.74, 6) is -1.31. The van der Waals surface area contributed by atoms with Gasteiger partial charge in [0.15, 0.2) is 6.61 Å². The second-order valence-corrected chi connectivity index (χ2v) is 6.78. The van der Waals surface area contributed by atoms with Crippen molar-refractivity contribution in [2.24, 2.45) is 0 Å². The van der Waals surface area contributed by atoms with Crippen molar-refractivity contribution in [3.63, 3.8) is 0 Å². The molecule has 0 radical (unpaired) electrons. The average molecular weight is 395 g/mol. The SMILES string of the molecule is CNC(=O)COC(=O)c1cc(S(=O)(=O)N(C)OC)ccc1Br. The minimum Gasteiger partial charge on any atom is -0.452 e. The average Bonchev–Trinajstić information content (AvgIpc) is 2.51. The molecule has 0 aliphatic carbocycles. The van der Waals surface area contributed by atoms with Crippen LogP contribution in [-0.4, -0.2) is 52.6 Å². The molecule has 0 aliphatic rings. The number of rotatable bonds is 6. The van der Waals surface area contributed by atoms with Crippen molar-refractivity contribution in [3.05, 3.63) is 28.2 Å². The highest BCUT2D eigenvalue weighted by Gasteiger charge is 2.23. The van der Waals surface area contributed by atoms with Crippen LogP contribution >= 0.6 is 15.9 Å². The number of nitrogens with one attached hydrogen (secondary N) is 1. The number of nitrogens with zero attached hydrogens (tertiary/aromatic N) is 1. The third-order valence-electron chi connectivity index (χ3n) is 2.66. The van der Waals surface area contributed by atoms with Gasteiger partial charge in [-0.25, -0.2) is 13.2 Å². The number of sulfonamides is 1. The van der Waals surface area contributed by atoms with Gasteiger partial charge in [0.1, 0.15) is 0 Å². The first-order chi connectivity index (χ1) is 10.2. The van der Waals surface area contributed by atoms with E-state index in [0.717, 1.165) is 6.07 Å². The number of hydroxylamine groups is 1. The van der Waals surface area contributed by atoms with E-state index in [-0.39, 0.29) is 10.5 Å². The molecule has 0 unspecified atom stereocenters. The minimum atomic E-state index is -3.89. The Bertz CT molecular complexity index is 676. The maximum Gasteiger partial charge on any atom is 0.339 e. The Kier molecular flexibility index (Phi) is 6.48. The summed E-state index contributed by atoms with van der Waals surface area (Å²) in [6.45, 7) is -0.462. The van der Waals surface area contributed by atoms with E-state index in [4.69, 9.17) is 4.74 Å². The van der Waals surface area contributed by atoms with Gasteiger partial charge in [-0.05, 0) is 34.1 Å². The summed E-state index contributed by atoms with van der Waals surface area (Å²) in [5, 5.41) is 2.30. The fraction of sp³-hybridized carbons (Fsp3) is 0.333. The fourth-order valence-corrected chi connectivity index (χ4v) is 2.76. The molecular formula is C12H15BrN2O6S. The number of halogens is 1. The van der Waals surface area contributed by atoms with Crippen molar-refractivity contribution in [3.8, 4) is 0 Å². The molecule has 1 N–H and O–H groups in total. The number of amides is 1. The van der Waals surface area contributed by atoms with Crippen molar-refractivity contribution < 1.29 is 27.6 Å². The number of benzene rings is 1. The standard InChI is InChI=1S/C12H15BrN2O6S/c1-14-11(16)7-21-12(17)9-6-8(4-5-10(9)13)22(18,19)15(2)20-3/h4-6H,7H2,1-3H3,(H,14,16). The molecule has 0 heterocycles. The van der Waals surface area contributed by atoms with Crippen LogP contribution in [0.25, 0.3) is 0 Å². The first-order valence-electron chi connectivity index (χ1n) is 5.94. The summed E-state index contributed by atoms with van der Waals surface area (Å²) in [6, 6.07) is 3.85. The Morgan fingerprint density at radius 1 is 1.36 bits per heavy atom. The van der Waals surface area contributed by atoms with Crippen molar-refractivity contribution in [1.29, 1.82) is 0 Å². The second kappa shape index (κ2) is 7.68. The monoisotopic (exact) mass is 394 g/mol. The third-order valence-corrected chi connectivity index (χ3v) is 5.03. The highest BCUT2D eigenvalue weighted by atomic mass is 79.9. The molecular weight excluding hydrogens is 380 g/mol. The molecule has 1 amide bonds. The zero-order valence-corrected chi connectivity index (χ0v) is 14.5. The van der Waals surface area contributed by atoms with Gasteiger partial charge in [0.2, 0.25) is 0 Å². The van der Waals surface area contributed by atoms with E-state index < -0.39 is 28.5 Å². The van der Waals surface area contributed by atoms with E-state index in [0.29, 0.717) is 8.94 Å². The number of hydrogen-bond acceptors (Lipinski definition) is 6. The normalized spacial score (nSPS) is 11.3. The maximum atomic E-state index is 12.1. The smallest absolute Gasteiger partial charge is 0.339 e. The summed E-state index contributed by atoms with van der Waals surface area (Å²) < 4.78 is 30.1. The van der Waals surface area contributed by atoms with Crippen LogP contribution in [0.2, 0.25) is 0 Å². The molecule has 0 spiro atoms. The molecule has 10 heteroatoms. The highest BCUT2D eigenvalue weighted by Crippen LogP contribution is 2.23. The molecule has 0 saturated heterocycles. The van der Waals surface area contributed by atoms with Crippen LogP contribution in [0.4, 0.5) is 0 Å². The second-order valence-electron chi connectivity index (χ2n) is 3.99. The van der Waals surface area contributed by atoms with Gasteiger partial charge >= 0.3 is 5.97 Å². The van der Waals surface area contributed by atoms with Crippen molar-refractivity contribution >= 4 is 37.8 Å². The van der Waals surface area contributed by atoms with Gasteiger partial charge in [-0.15, -0.1) is 0 Å². The summed E-state index contributed by atoms with van der Waals surface area (Å²) in [5.41, 5.74) is -0.0190. The maximum absolute atomic E-state index is 12.1. The molecule has 1 aromatic rings. The Hall–Kier alpha value is -1.49. The molecule has 8 nitrogen and oxygen atoms in total. The van der Waals surface area contributed by atoms with Gasteiger partial charge in [-0.3, -0.25) is 9.63 Å². The lowest BCUT2D eigenvalue weighted by molar-refractivity contribution is -0.123. The summed E-state index contributed by atoms with van der Waals surface area (Å²) in [7, 11) is -0.0654. The number of ether oxygens (including phenoxy) is 1. The van der Waals surface area contributed by atoms with E-state index >= 15 is 0 Å².